The van der Waals surface area contributed by atoms with Crippen LogP contribution < -0.4 is 10.6 Å². The number of nitrogens with zero attached hydrogens (tertiary/aromatic N) is 2. The number of imide groups is 1. The fourth-order valence-corrected chi connectivity index (χ4v) is 4.36. The number of carbonyl (C=O) groups is 3. The molecule has 1 saturated carbocycles. The van der Waals surface area contributed by atoms with Gasteiger partial charge in [0.1, 0.15) is 0 Å². The van der Waals surface area contributed by atoms with Crippen molar-refractivity contribution >= 4 is 40.0 Å². The van der Waals surface area contributed by atoms with Gasteiger partial charge >= 0.3 is 6.03 Å². The van der Waals surface area contributed by atoms with Crippen molar-refractivity contribution in [3.8, 4) is 0 Å². The molecule has 2 aromatic rings. The van der Waals surface area contributed by atoms with Gasteiger partial charge in [-0.3, -0.25) is 19.8 Å². The minimum atomic E-state index is -0.440. The maximum Gasteiger partial charge on any atom is 0.325 e. The molecule has 0 unspecified atom stereocenters. The minimum absolute atomic E-state index is 0.0148. The van der Waals surface area contributed by atoms with E-state index >= 15 is 0 Å². The van der Waals surface area contributed by atoms with Crippen LogP contribution in [0, 0.1) is 6.92 Å². The summed E-state index contributed by atoms with van der Waals surface area (Å²) in [6.07, 6.45) is 4.97. The van der Waals surface area contributed by atoms with Crippen molar-refractivity contribution in [2.24, 2.45) is 0 Å². The highest BCUT2D eigenvalue weighted by Gasteiger charge is 2.40. The first-order valence-electron chi connectivity index (χ1n) is 9.05. The number of carbonyl (C=O) groups excluding carboxylic acids is 3. The number of benzene rings is 1. The summed E-state index contributed by atoms with van der Waals surface area (Å²) in [5, 5.41) is 7.69. The molecule has 0 saturated heterocycles. The Kier molecular flexibility index (Phi) is 4.65. The Balaban J connectivity index is 1.49. The molecule has 1 fully saturated rings. The third-order valence-corrected chi connectivity index (χ3v) is 5.83. The number of amides is 4. The maximum atomic E-state index is 12.8. The second kappa shape index (κ2) is 7.11. The Morgan fingerprint density at radius 1 is 1.11 bits per heavy atom. The summed E-state index contributed by atoms with van der Waals surface area (Å²) in [4.78, 5) is 43.2. The van der Waals surface area contributed by atoms with Crippen LogP contribution >= 0.6 is 11.3 Å². The molecule has 140 valence electrons. The van der Waals surface area contributed by atoms with Crippen LogP contribution in [0.5, 0.6) is 0 Å². The van der Waals surface area contributed by atoms with E-state index in [1.807, 2.05) is 12.3 Å². The van der Waals surface area contributed by atoms with Crippen molar-refractivity contribution in [2.45, 2.75) is 45.1 Å². The topological polar surface area (TPSA) is 91.4 Å². The first-order chi connectivity index (χ1) is 13.0. The highest BCUT2D eigenvalue weighted by atomic mass is 32.1. The number of anilines is 2. The van der Waals surface area contributed by atoms with Crippen LogP contribution in [0.25, 0.3) is 0 Å². The molecule has 2 N–H and O–H groups in total. The Hall–Kier alpha value is -2.74. The van der Waals surface area contributed by atoms with Crippen molar-refractivity contribution < 1.29 is 14.4 Å². The molecule has 4 amide bonds. The second-order valence-corrected chi connectivity index (χ2v) is 7.76. The van der Waals surface area contributed by atoms with E-state index in [1.165, 1.54) is 16.2 Å². The van der Waals surface area contributed by atoms with E-state index in [0.717, 1.165) is 37.8 Å². The number of fused-ring (bicyclic) bond motifs is 1. The first-order valence-corrected chi connectivity index (χ1v) is 9.93. The minimum Gasteiger partial charge on any atom is -0.308 e. The van der Waals surface area contributed by atoms with Gasteiger partial charge in [0, 0.05) is 17.1 Å². The van der Waals surface area contributed by atoms with Gasteiger partial charge in [0.05, 0.1) is 16.8 Å². The van der Waals surface area contributed by atoms with E-state index < -0.39 is 6.03 Å². The predicted molar refractivity (Wildman–Crippen MR) is 103 cm³/mol. The third-order valence-electron chi connectivity index (χ3n) is 4.96. The van der Waals surface area contributed by atoms with Crippen LogP contribution in [-0.4, -0.2) is 33.8 Å². The summed E-state index contributed by atoms with van der Waals surface area (Å²) in [5.41, 5.74) is 2.06. The van der Waals surface area contributed by atoms with E-state index in [9.17, 15) is 14.4 Å². The maximum absolute atomic E-state index is 12.8. The van der Waals surface area contributed by atoms with Gasteiger partial charge in [-0.25, -0.2) is 9.78 Å². The first kappa shape index (κ1) is 17.7. The lowest BCUT2D eigenvalue weighted by Gasteiger charge is -2.29. The molecule has 1 aromatic heterocycles. The van der Waals surface area contributed by atoms with Gasteiger partial charge in [-0.05, 0) is 38.0 Å². The number of hydrogen-bond acceptors (Lipinski definition) is 5. The van der Waals surface area contributed by atoms with E-state index in [0.29, 0.717) is 21.9 Å². The van der Waals surface area contributed by atoms with Crippen molar-refractivity contribution in [1.29, 1.82) is 0 Å². The molecule has 1 aliphatic carbocycles. The number of urea groups is 1. The summed E-state index contributed by atoms with van der Waals surface area (Å²) >= 11 is 1.34. The predicted octanol–water partition coefficient (Wildman–Crippen LogP) is 4.02. The monoisotopic (exact) mass is 384 g/mol. The summed E-state index contributed by atoms with van der Waals surface area (Å²) in [6, 6.07) is 4.37. The van der Waals surface area contributed by atoms with Crippen molar-refractivity contribution in [1.82, 2.24) is 9.88 Å². The average Bonchev–Trinajstić information content (AvgIpc) is 3.17. The number of rotatable bonds is 3. The highest BCUT2D eigenvalue weighted by Crippen LogP contribution is 2.32. The summed E-state index contributed by atoms with van der Waals surface area (Å²) < 4.78 is 0. The Labute approximate surface area is 160 Å². The Morgan fingerprint density at radius 2 is 1.85 bits per heavy atom. The largest absolute Gasteiger partial charge is 0.325 e. The highest BCUT2D eigenvalue weighted by molar-refractivity contribution is 7.13. The summed E-state index contributed by atoms with van der Waals surface area (Å²) in [7, 11) is 0. The van der Waals surface area contributed by atoms with Gasteiger partial charge in [0.15, 0.2) is 5.13 Å². The van der Waals surface area contributed by atoms with Gasteiger partial charge in [-0.15, -0.1) is 11.3 Å². The lowest BCUT2D eigenvalue weighted by molar-refractivity contribution is 0.0549. The fraction of sp³-hybridized carbons (Fsp3) is 0.368. The SMILES string of the molecule is Cc1csc(NC(=O)Nc2ccc3c(c2)C(=O)N(C2CCCCC2)C3=O)n1. The molecule has 8 heteroatoms. The molecule has 0 bridgehead atoms. The van der Waals surface area contributed by atoms with Gasteiger partial charge in [-0.1, -0.05) is 19.3 Å². The molecule has 0 atom stereocenters. The van der Waals surface area contributed by atoms with Crippen LogP contribution in [-0.2, 0) is 0 Å². The number of hydrogen-bond donors (Lipinski definition) is 2. The molecule has 2 aliphatic rings. The fourth-order valence-electron chi connectivity index (χ4n) is 3.68. The summed E-state index contributed by atoms with van der Waals surface area (Å²) in [6.45, 7) is 1.85. The molecule has 27 heavy (non-hydrogen) atoms. The zero-order valence-corrected chi connectivity index (χ0v) is 15.8. The number of nitrogens with one attached hydrogen (secondary N) is 2. The van der Waals surface area contributed by atoms with E-state index in [4.69, 9.17) is 0 Å². The molecule has 4 rings (SSSR count). The average molecular weight is 384 g/mol. The third kappa shape index (κ3) is 3.44. The van der Waals surface area contributed by atoms with E-state index in [1.54, 1.807) is 18.2 Å². The molecule has 0 radical (unpaired) electrons. The lowest BCUT2D eigenvalue weighted by atomic mass is 9.94. The molecule has 2 heterocycles. The molecule has 0 spiro atoms. The van der Waals surface area contributed by atoms with Gasteiger partial charge in [0.25, 0.3) is 11.8 Å². The normalized spacial score (nSPS) is 17.1. The van der Waals surface area contributed by atoms with Gasteiger partial charge < -0.3 is 5.32 Å². The number of aryl methyl sites for hydroxylation is 1. The smallest absolute Gasteiger partial charge is 0.308 e. The van der Waals surface area contributed by atoms with Crippen LogP contribution in [0.1, 0.15) is 58.5 Å². The summed E-state index contributed by atoms with van der Waals surface area (Å²) in [5.74, 6) is -0.488. The molecule has 1 aliphatic heterocycles. The number of aromatic nitrogens is 1. The zero-order chi connectivity index (χ0) is 19.0. The molecule has 7 nitrogen and oxygen atoms in total. The van der Waals surface area contributed by atoms with Crippen molar-refractivity contribution in [2.75, 3.05) is 10.6 Å². The van der Waals surface area contributed by atoms with Crippen LogP contribution in [0.4, 0.5) is 15.6 Å². The molecular weight excluding hydrogens is 364 g/mol. The quantitative estimate of drug-likeness (QED) is 0.782. The van der Waals surface area contributed by atoms with E-state index in [-0.39, 0.29) is 17.9 Å². The van der Waals surface area contributed by atoms with E-state index in [2.05, 4.69) is 15.6 Å². The molecular formula is C19H20N4O3S. The van der Waals surface area contributed by atoms with Crippen LogP contribution in [0.15, 0.2) is 23.6 Å². The standard InChI is InChI=1S/C19H20N4O3S/c1-11-10-27-19(20-11)22-18(26)21-12-7-8-14-15(9-12)17(25)23(16(14)24)13-5-3-2-4-6-13/h7-10,13H,2-6H2,1H3,(H2,20,21,22,26). The van der Waals surface area contributed by atoms with Crippen LogP contribution in [0.3, 0.4) is 0 Å². The number of thiazole rings is 1. The molecule has 1 aromatic carbocycles. The van der Waals surface area contributed by atoms with Gasteiger partial charge in [-0.2, -0.15) is 0 Å². The Bertz CT molecular complexity index is 917. The van der Waals surface area contributed by atoms with Gasteiger partial charge in [0.2, 0.25) is 0 Å². The Morgan fingerprint density at radius 3 is 2.56 bits per heavy atom. The van der Waals surface area contributed by atoms with Crippen LogP contribution in [0.2, 0.25) is 0 Å². The zero-order valence-electron chi connectivity index (χ0n) is 14.9. The van der Waals surface area contributed by atoms with Crippen molar-refractivity contribution in [3.05, 3.63) is 40.4 Å². The van der Waals surface area contributed by atoms with Crippen molar-refractivity contribution in [3.63, 3.8) is 0 Å². The lowest BCUT2D eigenvalue weighted by Crippen LogP contribution is -2.40. The second-order valence-electron chi connectivity index (χ2n) is 6.91.